The van der Waals surface area contributed by atoms with Gasteiger partial charge in [0.15, 0.2) is 0 Å². The summed E-state index contributed by atoms with van der Waals surface area (Å²) >= 11 is 0. The van der Waals surface area contributed by atoms with E-state index in [4.69, 9.17) is 4.74 Å². The molecule has 0 N–H and O–H groups in total. The number of aryl methyl sites for hydroxylation is 1. The Kier molecular flexibility index (Phi) is 5.49. The summed E-state index contributed by atoms with van der Waals surface area (Å²) in [5.41, 5.74) is 3.72. The van der Waals surface area contributed by atoms with E-state index in [0.29, 0.717) is 26.2 Å². The molecule has 0 spiro atoms. The summed E-state index contributed by atoms with van der Waals surface area (Å²) in [6.45, 7) is 1.36. The number of fused-ring (bicyclic) bond motifs is 1. The highest BCUT2D eigenvalue weighted by molar-refractivity contribution is 7.89. The maximum absolute atomic E-state index is 13.2. The SMILES string of the molecule is Cn1nc(COCc2ccccc2)c2c1CCN(S(=O)(=O)c1ccc(F)cc1)C2. The van der Waals surface area contributed by atoms with E-state index in [0.717, 1.165) is 34.6 Å². The van der Waals surface area contributed by atoms with Gasteiger partial charge in [-0.25, -0.2) is 12.8 Å². The van der Waals surface area contributed by atoms with Crippen LogP contribution in [0, 0.1) is 5.82 Å². The lowest BCUT2D eigenvalue weighted by molar-refractivity contribution is 0.103. The first-order valence-electron chi connectivity index (χ1n) is 9.36. The smallest absolute Gasteiger partial charge is 0.243 e. The van der Waals surface area contributed by atoms with Crippen molar-refractivity contribution >= 4 is 10.0 Å². The van der Waals surface area contributed by atoms with Crippen molar-refractivity contribution < 1.29 is 17.5 Å². The lowest BCUT2D eigenvalue weighted by Gasteiger charge is -2.27. The first-order valence-corrected chi connectivity index (χ1v) is 10.8. The van der Waals surface area contributed by atoms with Gasteiger partial charge in [0.1, 0.15) is 5.82 Å². The first-order chi connectivity index (χ1) is 13.9. The van der Waals surface area contributed by atoms with Crippen LogP contribution in [0.15, 0.2) is 59.5 Å². The van der Waals surface area contributed by atoms with Crippen LogP contribution < -0.4 is 0 Å². The van der Waals surface area contributed by atoms with Crippen molar-refractivity contribution in [1.29, 1.82) is 0 Å². The average Bonchev–Trinajstić information content (AvgIpc) is 3.04. The molecule has 0 unspecified atom stereocenters. The number of halogens is 1. The quantitative estimate of drug-likeness (QED) is 0.621. The Morgan fingerprint density at radius 1 is 1.07 bits per heavy atom. The highest BCUT2D eigenvalue weighted by Crippen LogP contribution is 2.27. The van der Waals surface area contributed by atoms with Crippen molar-refractivity contribution in [2.45, 2.75) is 31.1 Å². The second-order valence-corrected chi connectivity index (χ2v) is 8.95. The van der Waals surface area contributed by atoms with E-state index < -0.39 is 15.8 Å². The summed E-state index contributed by atoms with van der Waals surface area (Å²) in [5, 5.41) is 4.54. The lowest BCUT2D eigenvalue weighted by atomic mass is 10.1. The summed E-state index contributed by atoms with van der Waals surface area (Å²) in [6, 6.07) is 14.8. The van der Waals surface area contributed by atoms with Crippen molar-refractivity contribution in [3.8, 4) is 0 Å². The molecular formula is C21H22FN3O3S. The lowest BCUT2D eigenvalue weighted by Crippen LogP contribution is -2.36. The number of hydrogen-bond donors (Lipinski definition) is 0. The Bertz CT molecular complexity index is 1100. The van der Waals surface area contributed by atoms with E-state index >= 15 is 0 Å². The zero-order valence-electron chi connectivity index (χ0n) is 16.1. The van der Waals surface area contributed by atoms with Crippen LogP contribution >= 0.6 is 0 Å². The molecule has 3 aromatic rings. The highest BCUT2D eigenvalue weighted by Gasteiger charge is 2.31. The minimum atomic E-state index is -3.70. The molecule has 0 bridgehead atoms. The minimum Gasteiger partial charge on any atom is -0.370 e. The molecule has 29 heavy (non-hydrogen) atoms. The van der Waals surface area contributed by atoms with Gasteiger partial charge in [0, 0.05) is 37.8 Å². The van der Waals surface area contributed by atoms with Gasteiger partial charge >= 0.3 is 0 Å². The molecule has 1 aromatic heterocycles. The molecule has 0 saturated carbocycles. The zero-order chi connectivity index (χ0) is 20.4. The van der Waals surface area contributed by atoms with Crippen molar-refractivity contribution in [1.82, 2.24) is 14.1 Å². The maximum atomic E-state index is 13.2. The molecule has 4 rings (SSSR count). The number of ether oxygens (including phenoxy) is 1. The predicted octanol–water partition coefficient (Wildman–Crippen LogP) is 3.02. The Morgan fingerprint density at radius 2 is 1.79 bits per heavy atom. The Morgan fingerprint density at radius 3 is 2.52 bits per heavy atom. The second-order valence-electron chi connectivity index (χ2n) is 7.02. The van der Waals surface area contributed by atoms with Gasteiger partial charge in [0.2, 0.25) is 10.0 Å². The molecule has 0 saturated heterocycles. The molecule has 8 heteroatoms. The number of rotatable bonds is 6. The molecular weight excluding hydrogens is 393 g/mol. The molecule has 2 aromatic carbocycles. The predicted molar refractivity (Wildman–Crippen MR) is 106 cm³/mol. The van der Waals surface area contributed by atoms with Crippen molar-refractivity contribution in [3.05, 3.63) is 82.9 Å². The molecule has 0 atom stereocenters. The topological polar surface area (TPSA) is 64.4 Å². The molecule has 0 fully saturated rings. The fourth-order valence-electron chi connectivity index (χ4n) is 3.56. The Labute approximate surface area is 169 Å². The summed E-state index contributed by atoms with van der Waals surface area (Å²) in [7, 11) is -1.84. The fraction of sp³-hybridized carbons (Fsp3) is 0.286. The Balaban J connectivity index is 1.51. The highest BCUT2D eigenvalue weighted by atomic mass is 32.2. The number of sulfonamides is 1. The van der Waals surface area contributed by atoms with Gasteiger partial charge < -0.3 is 4.74 Å². The van der Waals surface area contributed by atoms with E-state index in [9.17, 15) is 12.8 Å². The summed E-state index contributed by atoms with van der Waals surface area (Å²) in [5.74, 6) is -0.463. The van der Waals surface area contributed by atoms with Crippen LogP contribution in [-0.4, -0.2) is 29.0 Å². The van der Waals surface area contributed by atoms with Crippen LogP contribution in [-0.2, 0) is 48.0 Å². The van der Waals surface area contributed by atoms with Crippen molar-refractivity contribution in [2.75, 3.05) is 6.54 Å². The van der Waals surface area contributed by atoms with Crippen LogP contribution in [0.1, 0.15) is 22.5 Å². The minimum absolute atomic E-state index is 0.0908. The van der Waals surface area contributed by atoms with E-state index in [2.05, 4.69) is 5.10 Å². The molecule has 1 aliphatic rings. The molecule has 152 valence electrons. The van der Waals surface area contributed by atoms with E-state index in [1.54, 1.807) is 4.68 Å². The molecule has 0 amide bonds. The van der Waals surface area contributed by atoms with Crippen LogP contribution in [0.3, 0.4) is 0 Å². The van der Waals surface area contributed by atoms with Crippen LogP contribution in [0.4, 0.5) is 4.39 Å². The summed E-state index contributed by atoms with van der Waals surface area (Å²) < 4.78 is 48.2. The van der Waals surface area contributed by atoms with E-state index in [-0.39, 0.29) is 11.4 Å². The molecule has 6 nitrogen and oxygen atoms in total. The maximum Gasteiger partial charge on any atom is 0.243 e. The largest absolute Gasteiger partial charge is 0.370 e. The van der Waals surface area contributed by atoms with Gasteiger partial charge in [0.25, 0.3) is 0 Å². The number of aromatic nitrogens is 2. The number of benzene rings is 2. The third-order valence-corrected chi connectivity index (χ3v) is 6.95. The summed E-state index contributed by atoms with van der Waals surface area (Å²) in [6.07, 6.45) is 0.567. The fourth-order valence-corrected chi connectivity index (χ4v) is 4.97. The average molecular weight is 415 g/mol. The van der Waals surface area contributed by atoms with Gasteiger partial charge in [-0.3, -0.25) is 4.68 Å². The van der Waals surface area contributed by atoms with E-state index in [1.807, 2.05) is 37.4 Å². The van der Waals surface area contributed by atoms with Gasteiger partial charge in [-0.15, -0.1) is 0 Å². The van der Waals surface area contributed by atoms with Gasteiger partial charge in [-0.2, -0.15) is 9.40 Å². The van der Waals surface area contributed by atoms with Crippen LogP contribution in [0.2, 0.25) is 0 Å². The van der Waals surface area contributed by atoms with Gasteiger partial charge in [-0.05, 0) is 29.8 Å². The van der Waals surface area contributed by atoms with Crippen LogP contribution in [0.25, 0.3) is 0 Å². The standard InChI is InChI=1S/C21H22FN3O3S/c1-24-21-11-12-25(29(26,27)18-9-7-17(22)8-10-18)13-19(21)20(23-24)15-28-14-16-5-3-2-4-6-16/h2-10H,11-15H2,1H3. The second kappa shape index (κ2) is 8.06. The zero-order valence-corrected chi connectivity index (χ0v) is 16.9. The van der Waals surface area contributed by atoms with Crippen molar-refractivity contribution in [3.63, 3.8) is 0 Å². The first kappa shape index (κ1) is 19.8. The normalized spacial score (nSPS) is 14.7. The Hall–Kier alpha value is -2.55. The van der Waals surface area contributed by atoms with Gasteiger partial charge in [0.05, 0.1) is 23.8 Å². The molecule has 0 radical (unpaired) electrons. The number of nitrogens with zero attached hydrogens (tertiary/aromatic N) is 3. The third-order valence-electron chi connectivity index (χ3n) is 5.09. The monoisotopic (exact) mass is 415 g/mol. The van der Waals surface area contributed by atoms with Gasteiger partial charge in [-0.1, -0.05) is 30.3 Å². The van der Waals surface area contributed by atoms with Crippen LogP contribution in [0.5, 0.6) is 0 Å². The summed E-state index contributed by atoms with van der Waals surface area (Å²) in [4.78, 5) is 0.0908. The third kappa shape index (κ3) is 4.10. The molecule has 0 aliphatic carbocycles. The van der Waals surface area contributed by atoms with Crippen molar-refractivity contribution in [2.24, 2.45) is 7.05 Å². The molecule has 2 heterocycles. The molecule has 1 aliphatic heterocycles. The number of hydrogen-bond acceptors (Lipinski definition) is 4. The van der Waals surface area contributed by atoms with E-state index in [1.165, 1.54) is 16.4 Å².